The van der Waals surface area contributed by atoms with Crippen LogP contribution in [0.25, 0.3) is 0 Å². The summed E-state index contributed by atoms with van der Waals surface area (Å²) in [7, 11) is -3.56. The second-order valence-corrected chi connectivity index (χ2v) is 8.11. The number of hydrogen-bond donors (Lipinski definition) is 1. The minimum atomic E-state index is -3.56. The summed E-state index contributed by atoms with van der Waals surface area (Å²) in [5.41, 5.74) is 5.97. The van der Waals surface area contributed by atoms with Gasteiger partial charge in [-0.25, -0.2) is 8.42 Å². The Bertz CT molecular complexity index is 680. The third kappa shape index (κ3) is 3.74. The van der Waals surface area contributed by atoms with Gasteiger partial charge in [0.05, 0.1) is 11.6 Å². The van der Waals surface area contributed by atoms with Gasteiger partial charge in [0.15, 0.2) is 0 Å². The Hall–Kier alpha value is -0.710. The molecule has 0 radical (unpaired) electrons. The third-order valence-electron chi connectivity index (χ3n) is 3.16. The van der Waals surface area contributed by atoms with Crippen molar-refractivity contribution in [1.29, 1.82) is 0 Å². The highest BCUT2D eigenvalue weighted by Gasteiger charge is 2.32. The predicted octanol–water partition coefficient (Wildman–Crippen LogP) is 1.78. The second-order valence-electron chi connectivity index (χ2n) is 4.69. The van der Waals surface area contributed by atoms with Crippen LogP contribution in [0.3, 0.4) is 0 Å². The van der Waals surface area contributed by atoms with E-state index in [2.05, 4.69) is 11.8 Å². The van der Waals surface area contributed by atoms with Gasteiger partial charge in [0.2, 0.25) is 10.0 Å². The van der Waals surface area contributed by atoms with Gasteiger partial charge in [0, 0.05) is 29.7 Å². The van der Waals surface area contributed by atoms with Crippen molar-refractivity contribution in [2.75, 3.05) is 24.6 Å². The molecule has 0 spiro atoms. The van der Waals surface area contributed by atoms with Gasteiger partial charge in [0.25, 0.3) is 0 Å². The Kier molecular flexibility index (Phi) is 5.58. The fourth-order valence-corrected chi connectivity index (χ4v) is 5.51. The van der Waals surface area contributed by atoms with E-state index in [-0.39, 0.29) is 22.5 Å². The van der Waals surface area contributed by atoms with Crippen molar-refractivity contribution < 1.29 is 8.42 Å². The zero-order valence-electron chi connectivity index (χ0n) is 11.7. The SMILES string of the molecule is CC1CSCCN1S(=O)(=O)c1ccc(C#CCN)cc1Cl. The van der Waals surface area contributed by atoms with Crippen LogP contribution in [0.5, 0.6) is 0 Å². The van der Waals surface area contributed by atoms with E-state index in [1.165, 1.54) is 10.4 Å². The summed E-state index contributed by atoms with van der Waals surface area (Å²) in [5, 5.41) is 0.198. The average Bonchev–Trinajstić information content (AvgIpc) is 2.45. The molecule has 4 nitrogen and oxygen atoms in total. The summed E-state index contributed by atoms with van der Waals surface area (Å²) in [6.45, 7) is 2.68. The first-order chi connectivity index (χ1) is 9.96. The van der Waals surface area contributed by atoms with Crippen LogP contribution in [0, 0.1) is 11.8 Å². The molecule has 1 aliphatic heterocycles. The molecule has 0 aromatic heterocycles. The number of sulfonamides is 1. The molecule has 1 heterocycles. The first kappa shape index (κ1) is 16.7. The van der Waals surface area contributed by atoms with Crippen LogP contribution in [0.1, 0.15) is 12.5 Å². The fraction of sp³-hybridized carbons (Fsp3) is 0.429. The number of nitrogens with two attached hydrogens (primary N) is 1. The van der Waals surface area contributed by atoms with E-state index in [4.69, 9.17) is 17.3 Å². The Labute approximate surface area is 135 Å². The van der Waals surface area contributed by atoms with Crippen molar-refractivity contribution in [3.05, 3.63) is 28.8 Å². The topological polar surface area (TPSA) is 63.4 Å². The summed E-state index contributed by atoms with van der Waals surface area (Å²) in [6, 6.07) is 4.72. The Morgan fingerprint density at radius 3 is 2.90 bits per heavy atom. The van der Waals surface area contributed by atoms with Gasteiger partial charge in [0.1, 0.15) is 4.90 Å². The molecule has 2 N–H and O–H groups in total. The van der Waals surface area contributed by atoms with E-state index in [0.29, 0.717) is 12.1 Å². The monoisotopic (exact) mass is 344 g/mol. The standard InChI is InChI=1S/C14H17ClN2O2S2/c1-11-10-20-8-7-17(11)21(18,19)14-5-4-12(3-2-6-16)9-13(14)15/h4-5,9,11H,6-8,10,16H2,1H3. The predicted molar refractivity (Wildman–Crippen MR) is 88.1 cm³/mol. The Balaban J connectivity index is 2.36. The van der Waals surface area contributed by atoms with Crippen molar-refractivity contribution in [1.82, 2.24) is 4.31 Å². The third-order valence-corrected chi connectivity index (χ3v) is 6.85. The lowest BCUT2D eigenvalue weighted by atomic mass is 10.2. The molecule has 1 unspecified atom stereocenters. The first-order valence-corrected chi connectivity index (χ1v) is 9.52. The zero-order valence-corrected chi connectivity index (χ0v) is 14.1. The Morgan fingerprint density at radius 2 is 2.29 bits per heavy atom. The van der Waals surface area contributed by atoms with Gasteiger partial charge in [-0.05, 0) is 25.1 Å². The van der Waals surface area contributed by atoms with Gasteiger partial charge in [-0.1, -0.05) is 23.4 Å². The summed E-state index contributed by atoms with van der Waals surface area (Å²) in [6.07, 6.45) is 0. The minimum Gasteiger partial charge on any atom is -0.320 e. The highest BCUT2D eigenvalue weighted by molar-refractivity contribution is 7.99. The van der Waals surface area contributed by atoms with Crippen LogP contribution in [-0.4, -0.2) is 43.4 Å². The minimum absolute atomic E-state index is 0.0264. The van der Waals surface area contributed by atoms with Crippen molar-refractivity contribution in [2.24, 2.45) is 5.73 Å². The molecule has 2 rings (SSSR count). The lowest BCUT2D eigenvalue weighted by Gasteiger charge is -2.32. The van der Waals surface area contributed by atoms with Gasteiger partial charge >= 0.3 is 0 Å². The van der Waals surface area contributed by atoms with E-state index in [0.717, 1.165) is 11.5 Å². The summed E-state index contributed by atoms with van der Waals surface area (Å²) in [4.78, 5) is 0.140. The molecular weight excluding hydrogens is 328 g/mol. The average molecular weight is 345 g/mol. The maximum Gasteiger partial charge on any atom is 0.244 e. The van der Waals surface area contributed by atoms with E-state index in [1.54, 1.807) is 23.9 Å². The molecular formula is C14H17ClN2O2S2. The number of thioether (sulfide) groups is 1. The van der Waals surface area contributed by atoms with Gasteiger partial charge in [-0.3, -0.25) is 0 Å². The molecule has 0 aliphatic carbocycles. The number of benzene rings is 1. The van der Waals surface area contributed by atoms with Crippen molar-refractivity contribution in [2.45, 2.75) is 17.9 Å². The van der Waals surface area contributed by atoms with Crippen LogP contribution in [-0.2, 0) is 10.0 Å². The Morgan fingerprint density at radius 1 is 1.52 bits per heavy atom. The van der Waals surface area contributed by atoms with Crippen LogP contribution in [0.2, 0.25) is 5.02 Å². The molecule has 0 bridgehead atoms. The molecule has 1 fully saturated rings. The maximum absolute atomic E-state index is 12.7. The number of hydrogen-bond acceptors (Lipinski definition) is 4. The highest BCUT2D eigenvalue weighted by atomic mass is 35.5. The molecule has 0 saturated carbocycles. The van der Waals surface area contributed by atoms with Crippen molar-refractivity contribution in [3.63, 3.8) is 0 Å². The van der Waals surface area contributed by atoms with Crippen molar-refractivity contribution >= 4 is 33.4 Å². The van der Waals surface area contributed by atoms with Crippen LogP contribution < -0.4 is 5.73 Å². The smallest absolute Gasteiger partial charge is 0.244 e. The maximum atomic E-state index is 12.7. The van der Waals surface area contributed by atoms with Gasteiger partial charge < -0.3 is 5.73 Å². The van der Waals surface area contributed by atoms with E-state index < -0.39 is 10.0 Å². The van der Waals surface area contributed by atoms with E-state index in [1.807, 2.05) is 6.92 Å². The van der Waals surface area contributed by atoms with Crippen LogP contribution in [0.15, 0.2) is 23.1 Å². The number of nitrogens with zero attached hydrogens (tertiary/aromatic N) is 1. The fourth-order valence-electron chi connectivity index (χ4n) is 2.14. The molecule has 1 aromatic rings. The highest BCUT2D eigenvalue weighted by Crippen LogP contribution is 2.29. The van der Waals surface area contributed by atoms with E-state index >= 15 is 0 Å². The van der Waals surface area contributed by atoms with E-state index in [9.17, 15) is 8.42 Å². The van der Waals surface area contributed by atoms with Crippen molar-refractivity contribution in [3.8, 4) is 11.8 Å². The molecule has 114 valence electrons. The molecule has 21 heavy (non-hydrogen) atoms. The van der Waals surface area contributed by atoms with Crippen LogP contribution in [0.4, 0.5) is 0 Å². The molecule has 7 heteroatoms. The lowest BCUT2D eigenvalue weighted by Crippen LogP contribution is -2.44. The summed E-state index contributed by atoms with van der Waals surface area (Å²) < 4.78 is 27.0. The number of rotatable bonds is 2. The molecule has 1 aliphatic rings. The van der Waals surface area contributed by atoms with Gasteiger partial charge in [-0.2, -0.15) is 16.1 Å². The molecule has 1 atom stereocenters. The lowest BCUT2D eigenvalue weighted by molar-refractivity contribution is 0.367. The van der Waals surface area contributed by atoms with Gasteiger partial charge in [-0.15, -0.1) is 0 Å². The quantitative estimate of drug-likeness (QED) is 0.831. The second kappa shape index (κ2) is 7.03. The number of halogens is 1. The zero-order chi connectivity index (χ0) is 15.5. The van der Waals surface area contributed by atoms with Crippen LogP contribution >= 0.6 is 23.4 Å². The molecule has 1 aromatic carbocycles. The first-order valence-electron chi connectivity index (χ1n) is 6.55. The molecule has 1 saturated heterocycles. The normalized spacial score (nSPS) is 19.9. The largest absolute Gasteiger partial charge is 0.320 e. The molecule has 0 amide bonds. The summed E-state index contributed by atoms with van der Waals surface area (Å²) in [5.74, 6) is 7.17. The summed E-state index contributed by atoms with van der Waals surface area (Å²) >= 11 is 7.91.